The van der Waals surface area contributed by atoms with Gasteiger partial charge in [-0.1, -0.05) is 19.9 Å². The Labute approximate surface area is 140 Å². The fourth-order valence-electron chi connectivity index (χ4n) is 2.03. The molecule has 1 saturated carbocycles. The van der Waals surface area contributed by atoms with Crippen molar-refractivity contribution < 1.29 is 9.59 Å². The lowest BCUT2D eigenvalue weighted by atomic mass is 10.1. The lowest BCUT2D eigenvalue weighted by Gasteiger charge is -2.16. The summed E-state index contributed by atoms with van der Waals surface area (Å²) >= 11 is 12.1. The number of hydrogen-bond donors (Lipinski definition) is 2. The van der Waals surface area contributed by atoms with Gasteiger partial charge in [-0.05, 0) is 38.0 Å². The van der Waals surface area contributed by atoms with Crippen molar-refractivity contribution in [1.29, 1.82) is 0 Å². The molecule has 0 spiro atoms. The van der Waals surface area contributed by atoms with E-state index in [1.807, 2.05) is 26.8 Å². The Morgan fingerprint density at radius 1 is 1.23 bits per heavy atom. The molecule has 0 radical (unpaired) electrons. The highest BCUT2D eigenvalue weighted by molar-refractivity contribution is 6.53. The Kier molecular flexibility index (Phi) is 4.46. The Bertz CT molecular complexity index is 629. The van der Waals surface area contributed by atoms with Crippen LogP contribution in [0.25, 0.3) is 0 Å². The molecule has 1 aromatic carbocycles. The summed E-state index contributed by atoms with van der Waals surface area (Å²) in [4.78, 5) is 24.1. The summed E-state index contributed by atoms with van der Waals surface area (Å²) in [6, 6.07) is 5.39. The number of anilines is 2. The first-order valence-corrected chi connectivity index (χ1v) is 7.93. The van der Waals surface area contributed by atoms with E-state index in [1.54, 1.807) is 19.1 Å². The van der Waals surface area contributed by atoms with Crippen LogP contribution in [0.4, 0.5) is 11.4 Å². The number of amides is 2. The van der Waals surface area contributed by atoms with E-state index in [-0.39, 0.29) is 17.7 Å². The van der Waals surface area contributed by atoms with Crippen LogP contribution in [-0.4, -0.2) is 16.1 Å². The van der Waals surface area contributed by atoms with Crippen molar-refractivity contribution in [3.05, 3.63) is 23.8 Å². The summed E-state index contributed by atoms with van der Waals surface area (Å²) in [5, 5.41) is 5.66. The molecular weight excluding hydrogens is 323 g/mol. The minimum absolute atomic E-state index is 0.0733. The molecule has 120 valence electrons. The number of aryl methyl sites for hydroxylation is 1. The van der Waals surface area contributed by atoms with E-state index in [4.69, 9.17) is 23.2 Å². The van der Waals surface area contributed by atoms with Crippen LogP contribution in [0.2, 0.25) is 0 Å². The van der Waals surface area contributed by atoms with Crippen molar-refractivity contribution in [2.24, 2.45) is 11.3 Å². The van der Waals surface area contributed by atoms with E-state index in [1.165, 1.54) is 0 Å². The number of hydrogen-bond acceptors (Lipinski definition) is 2. The van der Waals surface area contributed by atoms with Gasteiger partial charge in [0, 0.05) is 17.3 Å². The smallest absolute Gasteiger partial charge is 0.233 e. The number of alkyl halides is 2. The number of nitrogens with one attached hydrogen (secondary N) is 2. The maximum absolute atomic E-state index is 12.3. The maximum Gasteiger partial charge on any atom is 0.233 e. The van der Waals surface area contributed by atoms with Crippen LogP contribution in [0.15, 0.2) is 18.2 Å². The summed E-state index contributed by atoms with van der Waals surface area (Å²) < 4.78 is -1.01. The summed E-state index contributed by atoms with van der Waals surface area (Å²) in [7, 11) is 0. The van der Waals surface area contributed by atoms with Crippen LogP contribution in [0.3, 0.4) is 0 Å². The van der Waals surface area contributed by atoms with E-state index in [2.05, 4.69) is 10.6 Å². The van der Waals surface area contributed by atoms with Gasteiger partial charge in [-0.25, -0.2) is 0 Å². The van der Waals surface area contributed by atoms with Crippen molar-refractivity contribution >= 4 is 46.4 Å². The van der Waals surface area contributed by atoms with E-state index in [0.29, 0.717) is 17.8 Å². The number of carbonyl (C=O) groups excluding carboxylic acids is 2. The second-order valence-corrected chi connectivity index (χ2v) is 7.83. The summed E-state index contributed by atoms with van der Waals surface area (Å²) in [6.07, 6.45) is 0.428. The van der Waals surface area contributed by atoms with Gasteiger partial charge in [-0.3, -0.25) is 9.59 Å². The average Bonchev–Trinajstić information content (AvgIpc) is 2.93. The Morgan fingerprint density at radius 2 is 1.82 bits per heavy atom. The normalized spacial score (nSPS) is 22.3. The first-order chi connectivity index (χ1) is 10.1. The minimum Gasteiger partial charge on any atom is -0.326 e. The highest BCUT2D eigenvalue weighted by atomic mass is 35.5. The van der Waals surface area contributed by atoms with Crippen LogP contribution < -0.4 is 10.6 Å². The van der Waals surface area contributed by atoms with Gasteiger partial charge in [0.2, 0.25) is 11.8 Å². The molecule has 1 fully saturated rings. The summed E-state index contributed by atoms with van der Waals surface area (Å²) in [5.41, 5.74) is 1.40. The fourth-order valence-corrected chi connectivity index (χ4v) is 2.73. The molecule has 0 aromatic heterocycles. The molecular formula is C16H20Cl2N2O2. The topological polar surface area (TPSA) is 58.2 Å². The van der Waals surface area contributed by atoms with Gasteiger partial charge in [0.15, 0.2) is 0 Å². The Morgan fingerprint density at radius 3 is 2.32 bits per heavy atom. The van der Waals surface area contributed by atoms with Gasteiger partial charge < -0.3 is 10.6 Å². The zero-order chi connectivity index (χ0) is 16.7. The minimum atomic E-state index is -1.01. The third-order valence-corrected chi connectivity index (χ3v) is 5.14. The third kappa shape index (κ3) is 3.23. The quantitative estimate of drug-likeness (QED) is 0.808. The molecule has 1 aromatic rings. The molecule has 0 bridgehead atoms. The molecule has 1 aliphatic rings. The van der Waals surface area contributed by atoms with Crippen LogP contribution in [-0.2, 0) is 9.59 Å². The summed E-state index contributed by atoms with van der Waals surface area (Å²) in [5.74, 6) is -0.401. The van der Waals surface area contributed by atoms with Crippen molar-refractivity contribution in [3.63, 3.8) is 0 Å². The van der Waals surface area contributed by atoms with Gasteiger partial charge >= 0.3 is 0 Å². The summed E-state index contributed by atoms with van der Waals surface area (Å²) in [6.45, 7) is 7.26. The first-order valence-electron chi connectivity index (χ1n) is 7.17. The number of rotatable bonds is 4. The standard InChI is InChI=1S/C16H20Cl2N2O2/c1-9(2)13(21)19-11-6-5-10(3)12(7-11)20-14(22)15(4)8-16(15,17)18/h5-7,9H,8H2,1-4H3,(H,19,21)(H,20,22)/t15-/m0/s1. The Hall–Kier alpha value is -1.26. The van der Waals surface area contributed by atoms with E-state index in [9.17, 15) is 9.59 Å². The van der Waals surface area contributed by atoms with Crippen LogP contribution >= 0.6 is 23.2 Å². The van der Waals surface area contributed by atoms with E-state index in [0.717, 1.165) is 5.56 Å². The molecule has 0 aliphatic heterocycles. The molecule has 1 aliphatic carbocycles. The molecule has 6 heteroatoms. The van der Waals surface area contributed by atoms with E-state index < -0.39 is 9.75 Å². The molecule has 0 heterocycles. The van der Waals surface area contributed by atoms with Crippen molar-refractivity contribution in [3.8, 4) is 0 Å². The highest BCUT2D eigenvalue weighted by Gasteiger charge is 2.67. The molecule has 2 rings (SSSR count). The lowest BCUT2D eigenvalue weighted by Crippen LogP contribution is -2.26. The monoisotopic (exact) mass is 342 g/mol. The van der Waals surface area contributed by atoms with Gasteiger partial charge in [0.05, 0.1) is 5.41 Å². The Balaban J connectivity index is 2.14. The zero-order valence-electron chi connectivity index (χ0n) is 13.1. The molecule has 2 amide bonds. The molecule has 22 heavy (non-hydrogen) atoms. The molecule has 0 saturated heterocycles. The van der Waals surface area contributed by atoms with Gasteiger partial charge in [0.25, 0.3) is 0 Å². The van der Waals surface area contributed by atoms with Gasteiger partial charge in [-0.2, -0.15) is 0 Å². The molecule has 2 N–H and O–H groups in total. The largest absolute Gasteiger partial charge is 0.326 e. The van der Waals surface area contributed by atoms with Crippen LogP contribution in [0, 0.1) is 18.3 Å². The van der Waals surface area contributed by atoms with Gasteiger partial charge in [-0.15, -0.1) is 23.2 Å². The SMILES string of the molecule is Cc1ccc(NC(=O)C(C)C)cc1NC(=O)[C@]1(C)CC1(Cl)Cl. The maximum atomic E-state index is 12.3. The molecule has 0 unspecified atom stereocenters. The van der Waals surface area contributed by atoms with Crippen molar-refractivity contribution in [2.75, 3.05) is 10.6 Å². The molecule has 4 nitrogen and oxygen atoms in total. The predicted molar refractivity (Wildman–Crippen MR) is 90.4 cm³/mol. The second kappa shape index (κ2) is 5.74. The van der Waals surface area contributed by atoms with Gasteiger partial charge in [0.1, 0.15) is 4.33 Å². The predicted octanol–water partition coefficient (Wildman–Crippen LogP) is 4.11. The number of halogens is 2. The number of carbonyl (C=O) groups is 2. The fraction of sp³-hybridized carbons (Fsp3) is 0.500. The third-order valence-electron chi connectivity index (χ3n) is 4.04. The van der Waals surface area contributed by atoms with Crippen molar-refractivity contribution in [1.82, 2.24) is 0 Å². The number of benzene rings is 1. The first kappa shape index (κ1) is 17.1. The van der Waals surface area contributed by atoms with E-state index >= 15 is 0 Å². The van der Waals surface area contributed by atoms with Crippen LogP contribution in [0.1, 0.15) is 32.8 Å². The highest BCUT2D eigenvalue weighted by Crippen LogP contribution is 2.64. The zero-order valence-corrected chi connectivity index (χ0v) is 14.6. The average molecular weight is 343 g/mol. The molecule has 1 atom stereocenters. The lowest BCUT2D eigenvalue weighted by molar-refractivity contribution is -0.120. The van der Waals surface area contributed by atoms with Crippen molar-refractivity contribution in [2.45, 2.75) is 38.4 Å². The second-order valence-electron chi connectivity index (χ2n) is 6.34. The van der Waals surface area contributed by atoms with Crippen LogP contribution in [0.5, 0.6) is 0 Å².